The van der Waals surface area contributed by atoms with E-state index in [1.165, 1.54) is 17.2 Å². The second-order valence-electron chi connectivity index (χ2n) is 6.51. The summed E-state index contributed by atoms with van der Waals surface area (Å²) in [6, 6.07) is -0.907. The summed E-state index contributed by atoms with van der Waals surface area (Å²) in [4.78, 5) is 23.0. The maximum atomic E-state index is 10.8. The van der Waals surface area contributed by atoms with Gasteiger partial charge < -0.3 is 31.5 Å². The highest BCUT2D eigenvalue weighted by atomic mass is 32.2. The molecule has 1 aliphatic heterocycles. The summed E-state index contributed by atoms with van der Waals surface area (Å²) in [6.45, 7) is 0. The van der Waals surface area contributed by atoms with Gasteiger partial charge in [-0.25, -0.2) is 15.0 Å². The lowest BCUT2D eigenvalue weighted by Gasteiger charge is -2.16. The van der Waals surface area contributed by atoms with Gasteiger partial charge in [0.25, 0.3) is 0 Å². The second kappa shape index (κ2) is 7.94. The number of aromatic nitrogens is 4. The molecular weight excluding hydrogens is 376 g/mol. The lowest BCUT2D eigenvalue weighted by molar-refractivity contribution is -0.138. The van der Waals surface area contributed by atoms with Crippen LogP contribution in [0.4, 0.5) is 5.82 Å². The Morgan fingerprint density at radius 3 is 2.81 bits per heavy atom. The summed E-state index contributed by atoms with van der Waals surface area (Å²) in [6.07, 6.45) is 1.31. The normalized spacial score (nSPS) is 27.7. The van der Waals surface area contributed by atoms with Crippen LogP contribution in [0, 0.1) is 0 Å². The van der Waals surface area contributed by atoms with Crippen molar-refractivity contribution in [1.82, 2.24) is 19.5 Å². The molecular formula is C15H23N6O5S+. The van der Waals surface area contributed by atoms with E-state index in [1.54, 1.807) is 0 Å². The summed E-state index contributed by atoms with van der Waals surface area (Å²) in [5.41, 5.74) is 12.1. The molecule has 27 heavy (non-hydrogen) atoms. The molecule has 1 aliphatic rings. The number of rotatable bonds is 7. The second-order valence-corrected chi connectivity index (χ2v) is 8.82. The van der Waals surface area contributed by atoms with Gasteiger partial charge in [0.2, 0.25) is 0 Å². The molecule has 1 fully saturated rings. The molecule has 3 rings (SSSR count). The van der Waals surface area contributed by atoms with Gasteiger partial charge in [-0.3, -0.25) is 9.36 Å². The third-order valence-electron chi connectivity index (χ3n) is 4.54. The third kappa shape index (κ3) is 3.99. The fourth-order valence-electron chi connectivity index (χ4n) is 2.97. The first kappa shape index (κ1) is 19.8. The maximum absolute atomic E-state index is 10.8. The van der Waals surface area contributed by atoms with Gasteiger partial charge in [-0.05, 0) is 10.9 Å². The molecule has 0 aliphatic carbocycles. The van der Waals surface area contributed by atoms with E-state index in [9.17, 15) is 15.0 Å². The van der Waals surface area contributed by atoms with Gasteiger partial charge in [-0.15, -0.1) is 0 Å². The number of aliphatic hydroxyl groups excluding tert-OH is 2. The van der Waals surface area contributed by atoms with Gasteiger partial charge in [0.05, 0.1) is 12.6 Å². The summed E-state index contributed by atoms with van der Waals surface area (Å²) >= 11 is 0. The van der Waals surface area contributed by atoms with Crippen LogP contribution in [0.15, 0.2) is 12.7 Å². The Kier molecular flexibility index (Phi) is 5.81. The van der Waals surface area contributed by atoms with Gasteiger partial charge in [0, 0.05) is 6.42 Å². The third-order valence-corrected chi connectivity index (χ3v) is 6.37. The van der Waals surface area contributed by atoms with Gasteiger partial charge in [-0.1, -0.05) is 0 Å². The van der Waals surface area contributed by atoms with E-state index >= 15 is 0 Å². The number of imidazole rings is 1. The number of aliphatic hydroxyl groups is 2. The summed E-state index contributed by atoms with van der Waals surface area (Å²) in [5.74, 6) is 0.254. The molecule has 0 saturated carbocycles. The van der Waals surface area contributed by atoms with Crippen molar-refractivity contribution in [2.24, 2.45) is 5.73 Å². The van der Waals surface area contributed by atoms with Crippen molar-refractivity contribution in [3.63, 3.8) is 0 Å². The number of aliphatic carboxylic acids is 1. The number of ether oxygens (including phenoxy) is 1. The number of nitrogen functional groups attached to an aromatic ring is 1. The molecule has 0 radical (unpaired) electrons. The Hall–Kier alpha value is -1.99. The minimum absolute atomic E-state index is 0.216. The predicted molar refractivity (Wildman–Crippen MR) is 98.9 cm³/mol. The molecule has 3 heterocycles. The van der Waals surface area contributed by atoms with Crippen LogP contribution in [0.5, 0.6) is 0 Å². The highest BCUT2D eigenvalue weighted by Crippen LogP contribution is 2.32. The Morgan fingerprint density at radius 1 is 1.37 bits per heavy atom. The first-order valence-electron chi connectivity index (χ1n) is 8.31. The Balaban J connectivity index is 1.68. The highest BCUT2D eigenvalue weighted by molar-refractivity contribution is 7.96. The monoisotopic (exact) mass is 399 g/mol. The van der Waals surface area contributed by atoms with Crippen molar-refractivity contribution in [2.75, 3.05) is 23.5 Å². The number of nitrogens with two attached hydrogens (primary N) is 2. The molecule has 7 N–H and O–H groups in total. The van der Waals surface area contributed by atoms with Gasteiger partial charge >= 0.3 is 5.97 Å². The quantitative estimate of drug-likeness (QED) is 0.329. The number of hydrogen-bond donors (Lipinski definition) is 5. The first-order valence-corrected chi connectivity index (χ1v) is 10.3. The SMILES string of the molecule is C[S+](CC[C@H](N)C(=O)O)C[C@H]1O[C@@H](n2cnc3c(N)ncnc32)[C@@H](O)[C@H]1O. The Bertz CT molecular complexity index is 819. The molecule has 0 aromatic carbocycles. The summed E-state index contributed by atoms with van der Waals surface area (Å²) in [7, 11) is -0.235. The number of hydrogen-bond acceptors (Lipinski definition) is 9. The summed E-state index contributed by atoms with van der Waals surface area (Å²) in [5, 5.41) is 29.7. The van der Waals surface area contributed by atoms with E-state index < -0.39 is 36.6 Å². The number of carboxylic acid groups (broad SMARTS) is 1. The van der Waals surface area contributed by atoms with Crippen LogP contribution < -0.4 is 11.5 Å². The molecule has 1 unspecified atom stereocenters. The number of fused-ring (bicyclic) bond motifs is 1. The van der Waals surface area contributed by atoms with Crippen LogP contribution in [0.2, 0.25) is 0 Å². The van der Waals surface area contributed by atoms with Crippen molar-refractivity contribution in [1.29, 1.82) is 0 Å². The number of nitrogens with zero attached hydrogens (tertiary/aromatic N) is 4. The van der Waals surface area contributed by atoms with Gasteiger partial charge in [0.15, 0.2) is 17.7 Å². The van der Waals surface area contributed by atoms with E-state index in [2.05, 4.69) is 15.0 Å². The van der Waals surface area contributed by atoms with Gasteiger partial charge in [0.1, 0.15) is 47.7 Å². The molecule has 6 atom stereocenters. The van der Waals surface area contributed by atoms with Crippen molar-refractivity contribution >= 4 is 33.8 Å². The molecule has 11 nitrogen and oxygen atoms in total. The minimum Gasteiger partial charge on any atom is -0.480 e. The number of anilines is 1. The zero-order valence-corrected chi connectivity index (χ0v) is 15.5. The molecule has 148 valence electrons. The molecule has 0 amide bonds. The first-order chi connectivity index (χ1) is 12.8. The van der Waals surface area contributed by atoms with Crippen LogP contribution in [-0.2, 0) is 20.4 Å². The van der Waals surface area contributed by atoms with Crippen LogP contribution in [0.25, 0.3) is 11.2 Å². The topological polar surface area (TPSA) is 183 Å². The number of carbonyl (C=O) groups is 1. The molecule has 1 saturated heterocycles. The van der Waals surface area contributed by atoms with Crippen molar-refractivity contribution in [3.8, 4) is 0 Å². The zero-order chi connectivity index (χ0) is 19.7. The fraction of sp³-hybridized carbons (Fsp3) is 0.600. The number of carboxylic acids is 1. The van der Waals surface area contributed by atoms with E-state index in [0.29, 0.717) is 29.1 Å². The fourth-order valence-corrected chi connectivity index (χ4v) is 4.63. The van der Waals surface area contributed by atoms with E-state index in [-0.39, 0.29) is 16.7 Å². The van der Waals surface area contributed by atoms with Crippen molar-refractivity contribution < 1.29 is 24.9 Å². The predicted octanol–water partition coefficient (Wildman–Crippen LogP) is -1.92. The van der Waals surface area contributed by atoms with Crippen molar-refractivity contribution in [2.45, 2.75) is 37.0 Å². The van der Waals surface area contributed by atoms with E-state index in [0.717, 1.165) is 0 Å². The van der Waals surface area contributed by atoms with E-state index in [1.807, 2.05) is 6.26 Å². The lowest BCUT2D eigenvalue weighted by atomic mass is 10.1. The average molecular weight is 399 g/mol. The van der Waals surface area contributed by atoms with E-state index in [4.69, 9.17) is 21.3 Å². The Labute approximate surface area is 157 Å². The smallest absolute Gasteiger partial charge is 0.320 e. The van der Waals surface area contributed by atoms with Crippen LogP contribution >= 0.6 is 0 Å². The molecule has 2 aromatic rings. The average Bonchev–Trinajstić information content (AvgIpc) is 3.17. The Morgan fingerprint density at radius 2 is 2.11 bits per heavy atom. The van der Waals surface area contributed by atoms with Crippen LogP contribution in [-0.4, -0.2) is 82.9 Å². The molecule has 12 heteroatoms. The minimum atomic E-state index is -1.16. The van der Waals surface area contributed by atoms with Crippen LogP contribution in [0.1, 0.15) is 12.6 Å². The largest absolute Gasteiger partial charge is 0.480 e. The zero-order valence-electron chi connectivity index (χ0n) is 14.7. The van der Waals surface area contributed by atoms with Crippen molar-refractivity contribution in [3.05, 3.63) is 12.7 Å². The standard InChI is InChI=1S/C15H22N6O5S/c1-27(3-2-7(16)15(24)25)4-8-10(22)11(23)14(26-8)21-6-20-9-12(17)18-5-19-13(9)21/h5-8,10-11,14,22-23H,2-4,16H2,1H3,(H2-,17,18,19,24,25)/p+1/t7-,8+,10-,11-,14+,27?/m0/s1. The maximum Gasteiger partial charge on any atom is 0.320 e. The lowest BCUT2D eigenvalue weighted by Crippen LogP contribution is -2.37. The summed E-state index contributed by atoms with van der Waals surface area (Å²) < 4.78 is 7.41. The molecule has 0 bridgehead atoms. The highest BCUT2D eigenvalue weighted by Gasteiger charge is 2.46. The van der Waals surface area contributed by atoms with Gasteiger partial charge in [-0.2, -0.15) is 0 Å². The molecule has 0 spiro atoms. The molecule has 2 aromatic heterocycles. The van der Waals surface area contributed by atoms with Crippen LogP contribution in [0.3, 0.4) is 0 Å².